The Labute approximate surface area is 99.4 Å². The van der Waals surface area contributed by atoms with Gasteiger partial charge in [-0.05, 0) is 12.3 Å². The summed E-state index contributed by atoms with van der Waals surface area (Å²) in [4.78, 5) is 11.5. The molecule has 1 rings (SSSR count). The summed E-state index contributed by atoms with van der Waals surface area (Å²) < 4.78 is 0. The van der Waals surface area contributed by atoms with Crippen molar-refractivity contribution in [3.63, 3.8) is 0 Å². The maximum absolute atomic E-state index is 11.5. The normalized spacial score (nSPS) is 16.2. The molecule has 0 aromatic heterocycles. The monoisotopic (exact) mass is 226 g/mol. The zero-order chi connectivity index (χ0) is 11.8. The summed E-state index contributed by atoms with van der Waals surface area (Å²) in [5, 5.41) is 6.12. The maximum atomic E-state index is 11.5. The third kappa shape index (κ3) is 5.50. The number of carbonyl (C=O) groups excluding carboxylic acids is 1. The molecule has 0 bridgehead atoms. The number of hydrogen-bond acceptors (Lipinski definition) is 2. The Balaban J connectivity index is 1.82. The first kappa shape index (κ1) is 13.5. The molecular formula is C13H26N2O. The van der Waals surface area contributed by atoms with E-state index in [2.05, 4.69) is 24.5 Å². The smallest absolute Gasteiger partial charge is 0.225 e. The number of nitrogens with one attached hydrogen (secondary N) is 2. The topological polar surface area (TPSA) is 41.1 Å². The minimum absolute atomic E-state index is 0.237. The van der Waals surface area contributed by atoms with E-state index in [0.717, 1.165) is 32.0 Å². The highest BCUT2D eigenvalue weighted by Crippen LogP contribution is 2.09. The lowest BCUT2D eigenvalue weighted by Crippen LogP contribution is -2.50. The number of amides is 1. The van der Waals surface area contributed by atoms with Crippen molar-refractivity contribution in [2.24, 2.45) is 11.8 Å². The fourth-order valence-corrected chi connectivity index (χ4v) is 1.86. The minimum Gasteiger partial charge on any atom is -0.356 e. The van der Waals surface area contributed by atoms with Gasteiger partial charge in [0.1, 0.15) is 0 Å². The molecule has 1 aliphatic rings. The molecule has 94 valence electrons. The third-order valence-corrected chi connectivity index (χ3v) is 3.16. The first-order chi connectivity index (χ1) is 7.70. The molecule has 3 nitrogen and oxygen atoms in total. The van der Waals surface area contributed by atoms with Crippen molar-refractivity contribution in [3.05, 3.63) is 0 Å². The summed E-state index contributed by atoms with van der Waals surface area (Å²) >= 11 is 0. The van der Waals surface area contributed by atoms with E-state index in [1.165, 1.54) is 25.7 Å². The molecule has 1 fully saturated rings. The highest BCUT2D eigenvalue weighted by Gasteiger charge is 2.23. The van der Waals surface area contributed by atoms with Crippen LogP contribution in [0.3, 0.4) is 0 Å². The first-order valence-electron chi connectivity index (χ1n) is 6.68. The molecular weight excluding hydrogens is 200 g/mol. The van der Waals surface area contributed by atoms with Crippen molar-refractivity contribution in [3.8, 4) is 0 Å². The molecule has 0 atom stereocenters. The van der Waals surface area contributed by atoms with E-state index in [4.69, 9.17) is 0 Å². The molecule has 1 aliphatic heterocycles. The zero-order valence-corrected chi connectivity index (χ0v) is 10.7. The van der Waals surface area contributed by atoms with Gasteiger partial charge in [-0.1, -0.05) is 39.5 Å². The lowest BCUT2D eigenvalue weighted by molar-refractivity contribution is -0.126. The highest BCUT2D eigenvalue weighted by atomic mass is 16.2. The van der Waals surface area contributed by atoms with E-state index in [-0.39, 0.29) is 11.8 Å². The average Bonchev–Trinajstić information content (AvgIpc) is 2.13. The van der Waals surface area contributed by atoms with E-state index in [9.17, 15) is 4.79 Å². The van der Waals surface area contributed by atoms with Gasteiger partial charge in [-0.25, -0.2) is 0 Å². The van der Waals surface area contributed by atoms with Gasteiger partial charge in [-0.2, -0.15) is 0 Å². The number of unbranched alkanes of at least 4 members (excludes halogenated alkanes) is 3. The van der Waals surface area contributed by atoms with Crippen molar-refractivity contribution < 1.29 is 4.79 Å². The molecule has 0 spiro atoms. The van der Waals surface area contributed by atoms with Crippen LogP contribution in [0.4, 0.5) is 0 Å². The number of rotatable bonds is 8. The Morgan fingerprint density at radius 1 is 1.25 bits per heavy atom. The summed E-state index contributed by atoms with van der Waals surface area (Å²) in [7, 11) is 0. The van der Waals surface area contributed by atoms with Crippen LogP contribution in [0.25, 0.3) is 0 Å². The Morgan fingerprint density at radius 2 is 1.94 bits per heavy atom. The largest absolute Gasteiger partial charge is 0.356 e. The standard InChI is InChI=1S/C13H26N2O/c1-11(2)7-5-3-4-6-8-15-13(16)12-9-14-10-12/h11-12,14H,3-10H2,1-2H3,(H,15,16). The molecule has 0 aromatic carbocycles. The Bertz CT molecular complexity index is 200. The second kappa shape index (κ2) is 7.66. The molecule has 1 amide bonds. The van der Waals surface area contributed by atoms with Gasteiger partial charge in [0.2, 0.25) is 5.91 Å². The Hall–Kier alpha value is -0.570. The van der Waals surface area contributed by atoms with Gasteiger partial charge >= 0.3 is 0 Å². The molecule has 0 saturated carbocycles. The van der Waals surface area contributed by atoms with Gasteiger partial charge in [0.15, 0.2) is 0 Å². The zero-order valence-electron chi connectivity index (χ0n) is 10.7. The molecule has 0 unspecified atom stereocenters. The summed E-state index contributed by atoms with van der Waals surface area (Å²) in [5.74, 6) is 1.30. The van der Waals surface area contributed by atoms with Gasteiger partial charge in [0.05, 0.1) is 5.92 Å². The van der Waals surface area contributed by atoms with Crippen LogP contribution in [-0.2, 0) is 4.79 Å². The predicted molar refractivity (Wildman–Crippen MR) is 67.3 cm³/mol. The molecule has 1 saturated heterocycles. The van der Waals surface area contributed by atoms with Gasteiger partial charge in [0.25, 0.3) is 0 Å². The molecule has 0 radical (unpaired) electrons. The van der Waals surface area contributed by atoms with Gasteiger partial charge in [-0.3, -0.25) is 4.79 Å². The van der Waals surface area contributed by atoms with Crippen LogP contribution >= 0.6 is 0 Å². The molecule has 2 N–H and O–H groups in total. The van der Waals surface area contributed by atoms with Crippen LogP contribution in [0.1, 0.15) is 46.0 Å². The van der Waals surface area contributed by atoms with Crippen LogP contribution < -0.4 is 10.6 Å². The van der Waals surface area contributed by atoms with Gasteiger partial charge < -0.3 is 10.6 Å². The molecule has 1 heterocycles. The fourth-order valence-electron chi connectivity index (χ4n) is 1.86. The van der Waals surface area contributed by atoms with Gasteiger partial charge in [0, 0.05) is 19.6 Å². The molecule has 3 heteroatoms. The SMILES string of the molecule is CC(C)CCCCCCNC(=O)C1CNC1. The van der Waals surface area contributed by atoms with Crippen LogP contribution in [0, 0.1) is 11.8 Å². The van der Waals surface area contributed by atoms with Crippen LogP contribution in [-0.4, -0.2) is 25.5 Å². The van der Waals surface area contributed by atoms with Crippen LogP contribution in [0.2, 0.25) is 0 Å². The van der Waals surface area contributed by atoms with Crippen molar-refractivity contribution in [2.75, 3.05) is 19.6 Å². The Morgan fingerprint density at radius 3 is 2.50 bits per heavy atom. The average molecular weight is 226 g/mol. The number of carbonyl (C=O) groups is 1. The van der Waals surface area contributed by atoms with Crippen LogP contribution in [0.5, 0.6) is 0 Å². The summed E-state index contributed by atoms with van der Waals surface area (Å²) in [6.07, 6.45) is 6.34. The van der Waals surface area contributed by atoms with Crippen molar-refractivity contribution >= 4 is 5.91 Å². The maximum Gasteiger partial charge on any atom is 0.225 e. The Kier molecular flexibility index (Phi) is 6.46. The second-order valence-corrected chi connectivity index (χ2v) is 5.24. The molecule has 16 heavy (non-hydrogen) atoms. The minimum atomic E-state index is 0.237. The highest BCUT2D eigenvalue weighted by molar-refractivity contribution is 5.79. The van der Waals surface area contributed by atoms with Crippen LogP contribution in [0.15, 0.2) is 0 Å². The second-order valence-electron chi connectivity index (χ2n) is 5.24. The summed E-state index contributed by atoms with van der Waals surface area (Å²) in [5.41, 5.74) is 0. The van der Waals surface area contributed by atoms with E-state index >= 15 is 0 Å². The third-order valence-electron chi connectivity index (χ3n) is 3.16. The quantitative estimate of drug-likeness (QED) is 0.621. The van der Waals surface area contributed by atoms with E-state index < -0.39 is 0 Å². The van der Waals surface area contributed by atoms with Crippen molar-refractivity contribution in [1.82, 2.24) is 10.6 Å². The lowest BCUT2D eigenvalue weighted by Gasteiger charge is -2.25. The summed E-state index contributed by atoms with van der Waals surface area (Å²) in [6.45, 7) is 7.12. The lowest BCUT2D eigenvalue weighted by atomic mass is 10.0. The fraction of sp³-hybridized carbons (Fsp3) is 0.923. The van der Waals surface area contributed by atoms with Gasteiger partial charge in [-0.15, -0.1) is 0 Å². The predicted octanol–water partition coefficient (Wildman–Crippen LogP) is 1.93. The number of hydrogen-bond donors (Lipinski definition) is 2. The molecule has 0 aromatic rings. The summed E-state index contributed by atoms with van der Waals surface area (Å²) in [6, 6.07) is 0. The van der Waals surface area contributed by atoms with E-state index in [1.54, 1.807) is 0 Å². The van der Waals surface area contributed by atoms with Crippen molar-refractivity contribution in [2.45, 2.75) is 46.0 Å². The molecule has 0 aliphatic carbocycles. The van der Waals surface area contributed by atoms with E-state index in [1.807, 2.05) is 0 Å². The first-order valence-corrected chi connectivity index (χ1v) is 6.68. The van der Waals surface area contributed by atoms with Crippen molar-refractivity contribution in [1.29, 1.82) is 0 Å². The van der Waals surface area contributed by atoms with E-state index in [0.29, 0.717) is 0 Å².